The molecule has 0 atom stereocenters. The van der Waals surface area contributed by atoms with Crippen LogP contribution >= 0.6 is 0 Å². The highest BCUT2D eigenvalue weighted by Crippen LogP contribution is 1.89. The molecule has 90 valence electrons. The minimum absolute atomic E-state index is 0.183. The molecule has 0 aliphatic carbocycles. The van der Waals surface area contributed by atoms with Crippen LogP contribution in [-0.2, 0) is 14.3 Å². The van der Waals surface area contributed by atoms with E-state index in [4.69, 9.17) is 9.47 Å². The van der Waals surface area contributed by atoms with Crippen LogP contribution in [0.1, 0.15) is 27.7 Å². The van der Waals surface area contributed by atoms with E-state index < -0.39 is 0 Å². The monoisotopic (exact) mass is 217 g/mol. The van der Waals surface area contributed by atoms with E-state index in [0.29, 0.717) is 19.1 Å². The Morgan fingerprint density at radius 1 is 1.20 bits per heavy atom. The van der Waals surface area contributed by atoms with Gasteiger partial charge in [0.25, 0.3) is 0 Å². The maximum atomic E-state index is 11.1. The quantitative estimate of drug-likeness (QED) is 0.490. The summed E-state index contributed by atoms with van der Waals surface area (Å²) in [6, 6.07) is 0. The molecule has 0 unspecified atom stereocenters. The number of esters is 1. The second-order valence-corrected chi connectivity index (χ2v) is 4.16. The van der Waals surface area contributed by atoms with Crippen LogP contribution in [0.5, 0.6) is 0 Å². The molecule has 0 aromatic heterocycles. The normalized spacial score (nSPS) is 11.1. The molecule has 0 saturated heterocycles. The van der Waals surface area contributed by atoms with E-state index in [1.807, 2.05) is 13.8 Å². The van der Waals surface area contributed by atoms with Crippen molar-refractivity contribution in [1.82, 2.24) is 5.32 Å². The van der Waals surface area contributed by atoms with Crippen LogP contribution < -0.4 is 5.32 Å². The van der Waals surface area contributed by atoms with E-state index >= 15 is 0 Å². The minimum Gasteiger partial charge on any atom is -0.462 e. The summed E-state index contributed by atoms with van der Waals surface area (Å²) in [6.45, 7) is 9.99. The lowest BCUT2D eigenvalue weighted by Crippen LogP contribution is -2.28. The molecule has 0 aromatic carbocycles. The Bertz CT molecular complexity index is 169. The van der Waals surface area contributed by atoms with E-state index in [1.165, 1.54) is 0 Å². The van der Waals surface area contributed by atoms with Gasteiger partial charge >= 0.3 is 5.97 Å². The van der Waals surface area contributed by atoms with Crippen molar-refractivity contribution in [3.63, 3.8) is 0 Å². The molecule has 0 bridgehead atoms. The fourth-order valence-corrected chi connectivity index (χ4v) is 0.953. The van der Waals surface area contributed by atoms with E-state index in [2.05, 4.69) is 19.2 Å². The van der Waals surface area contributed by atoms with Crippen LogP contribution in [0.3, 0.4) is 0 Å². The lowest BCUT2D eigenvalue weighted by Gasteiger charge is -2.09. The van der Waals surface area contributed by atoms with Crippen molar-refractivity contribution < 1.29 is 14.3 Å². The average Bonchev–Trinajstić information content (AvgIpc) is 2.11. The van der Waals surface area contributed by atoms with Crippen molar-refractivity contribution in [1.29, 1.82) is 0 Å². The van der Waals surface area contributed by atoms with E-state index in [9.17, 15) is 4.79 Å². The summed E-state index contributed by atoms with van der Waals surface area (Å²) in [4.78, 5) is 11.1. The van der Waals surface area contributed by atoms with Gasteiger partial charge in [-0.2, -0.15) is 0 Å². The summed E-state index contributed by atoms with van der Waals surface area (Å²) in [5, 5.41) is 3.02. The number of carbonyl (C=O) groups is 1. The first-order valence-electron chi connectivity index (χ1n) is 5.50. The summed E-state index contributed by atoms with van der Waals surface area (Å²) in [7, 11) is 0. The molecule has 0 aliphatic heterocycles. The van der Waals surface area contributed by atoms with Gasteiger partial charge in [-0.05, 0) is 26.3 Å². The average molecular weight is 217 g/mol. The smallest absolute Gasteiger partial charge is 0.320 e. The Hall–Kier alpha value is -0.610. The molecule has 4 heteroatoms. The molecule has 0 saturated carbocycles. The second kappa shape index (κ2) is 8.68. The molecule has 4 nitrogen and oxygen atoms in total. The van der Waals surface area contributed by atoms with Gasteiger partial charge in [-0.3, -0.25) is 4.79 Å². The van der Waals surface area contributed by atoms with E-state index in [-0.39, 0.29) is 18.6 Å². The topological polar surface area (TPSA) is 47.6 Å². The van der Waals surface area contributed by atoms with Crippen molar-refractivity contribution >= 4 is 5.97 Å². The zero-order valence-electron chi connectivity index (χ0n) is 10.2. The summed E-state index contributed by atoms with van der Waals surface area (Å²) in [5.41, 5.74) is 0. The van der Waals surface area contributed by atoms with Gasteiger partial charge in [-0.1, -0.05) is 13.8 Å². The number of hydrogen-bond acceptors (Lipinski definition) is 4. The van der Waals surface area contributed by atoms with Crippen molar-refractivity contribution in [2.45, 2.75) is 33.8 Å². The van der Waals surface area contributed by atoms with Gasteiger partial charge in [0.05, 0.1) is 19.3 Å². The highest BCUT2D eigenvalue weighted by Gasteiger charge is 2.02. The molecule has 0 rings (SSSR count). The molecular weight excluding hydrogens is 194 g/mol. The molecule has 0 aliphatic rings. The fourth-order valence-electron chi connectivity index (χ4n) is 0.953. The summed E-state index contributed by atoms with van der Waals surface area (Å²) < 4.78 is 10.2. The molecule has 0 heterocycles. The molecule has 0 amide bonds. The van der Waals surface area contributed by atoms with Gasteiger partial charge in [-0.25, -0.2) is 0 Å². The number of carbonyl (C=O) groups excluding carboxylic acids is 1. The van der Waals surface area contributed by atoms with Gasteiger partial charge in [-0.15, -0.1) is 0 Å². The van der Waals surface area contributed by atoms with Crippen LogP contribution in [0.15, 0.2) is 0 Å². The van der Waals surface area contributed by atoms with Gasteiger partial charge in [0.1, 0.15) is 6.61 Å². The third-order valence-corrected chi connectivity index (χ3v) is 1.62. The first-order chi connectivity index (χ1) is 7.02. The first kappa shape index (κ1) is 14.4. The van der Waals surface area contributed by atoms with Crippen LogP contribution in [0.2, 0.25) is 0 Å². The van der Waals surface area contributed by atoms with Gasteiger partial charge in [0, 0.05) is 0 Å². The predicted molar refractivity (Wildman–Crippen MR) is 59.8 cm³/mol. The van der Waals surface area contributed by atoms with Crippen LogP contribution in [0, 0.1) is 5.92 Å². The standard InChI is InChI=1S/C11H23NO3/c1-9(2)7-12-8-11(13)15-6-5-14-10(3)4/h9-10,12H,5-8H2,1-4H3. The highest BCUT2D eigenvalue weighted by atomic mass is 16.6. The maximum Gasteiger partial charge on any atom is 0.320 e. The van der Waals surface area contributed by atoms with Crippen molar-refractivity contribution in [2.24, 2.45) is 5.92 Å². The molecule has 0 radical (unpaired) electrons. The second-order valence-electron chi connectivity index (χ2n) is 4.16. The van der Waals surface area contributed by atoms with Gasteiger partial charge in [0.2, 0.25) is 0 Å². The Labute approximate surface area is 92.3 Å². The summed E-state index contributed by atoms with van der Waals surface area (Å²) in [5.74, 6) is 0.324. The third kappa shape index (κ3) is 11.3. The zero-order valence-corrected chi connectivity index (χ0v) is 10.2. The summed E-state index contributed by atoms with van der Waals surface area (Å²) in [6.07, 6.45) is 0.183. The van der Waals surface area contributed by atoms with Crippen molar-refractivity contribution in [3.05, 3.63) is 0 Å². The van der Waals surface area contributed by atoms with Crippen LogP contribution in [0.25, 0.3) is 0 Å². The van der Waals surface area contributed by atoms with Gasteiger partial charge < -0.3 is 14.8 Å². The van der Waals surface area contributed by atoms with Crippen LogP contribution in [-0.4, -0.2) is 38.4 Å². The number of nitrogens with one attached hydrogen (secondary N) is 1. The number of ether oxygens (including phenoxy) is 2. The van der Waals surface area contributed by atoms with Crippen molar-refractivity contribution in [2.75, 3.05) is 26.3 Å². The SMILES string of the molecule is CC(C)CNCC(=O)OCCOC(C)C. The Balaban J connectivity index is 3.26. The molecule has 0 aromatic rings. The van der Waals surface area contributed by atoms with E-state index in [0.717, 1.165) is 6.54 Å². The van der Waals surface area contributed by atoms with E-state index in [1.54, 1.807) is 0 Å². The van der Waals surface area contributed by atoms with Gasteiger partial charge in [0.15, 0.2) is 0 Å². The lowest BCUT2D eigenvalue weighted by atomic mass is 10.2. The summed E-state index contributed by atoms with van der Waals surface area (Å²) >= 11 is 0. The minimum atomic E-state index is -0.219. The molecule has 15 heavy (non-hydrogen) atoms. The molecule has 0 fully saturated rings. The number of rotatable bonds is 8. The van der Waals surface area contributed by atoms with Crippen molar-refractivity contribution in [3.8, 4) is 0 Å². The molecular formula is C11H23NO3. The Kier molecular flexibility index (Phi) is 8.33. The van der Waals surface area contributed by atoms with Crippen LogP contribution in [0.4, 0.5) is 0 Å². The predicted octanol–water partition coefficient (Wildman–Crippen LogP) is 1.20. The molecule has 0 spiro atoms. The first-order valence-corrected chi connectivity index (χ1v) is 5.50. The Morgan fingerprint density at radius 3 is 2.40 bits per heavy atom. The fraction of sp³-hybridized carbons (Fsp3) is 0.909. The Morgan fingerprint density at radius 2 is 1.87 bits per heavy atom. The lowest BCUT2D eigenvalue weighted by molar-refractivity contribution is -0.144. The molecule has 1 N–H and O–H groups in total. The zero-order chi connectivity index (χ0) is 11.7. The third-order valence-electron chi connectivity index (χ3n) is 1.62. The largest absolute Gasteiger partial charge is 0.462 e. The number of hydrogen-bond donors (Lipinski definition) is 1. The maximum absolute atomic E-state index is 11.1. The highest BCUT2D eigenvalue weighted by molar-refractivity contribution is 5.71.